The van der Waals surface area contributed by atoms with Crippen LogP contribution < -0.4 is 19.5 Å². The second kappa shape index (κ2) is 8.99. The SMILES string of the molecule is COc1ccccc1CNC(=O)/C=C/c1cc(Cl)c(OC)c(OC)c1. The number of hydrogen-bond donors (Lipinski definition) is 1. The number of benzene rings is 2. The molecule has 2 rings (SSSR count). The summed E-state index contributed by atoms with van der Waals surface area (Å²) in [6.07, 6.45) is 3.10. The number of para-hydroxylation sites is 1. The lowest BCUT2D eigenvalue weighted by molar-refractivity contribution is -0.116. The molecule has 0 aliphatic carbocycles. The summed E-state index contributed by atoms with van der Waals surface area (Å²) in [4.78, 5) is 12.0. The molecule has 0 spiro atoms. The van der Waals surface area contributed by atoms with Crippen LogP contribution in [0.25, 0.3) is 6.08 Å². The maximum Gasteiger partial charge on any atom is 0.244 e. The van der Waals surface area contributed by atoms with Crippen LogP contribution in [0.5, 0.6) is 17.2 Å². The number of amides is 1. The number of halogens is 1. The van der Waals surface area contributed by atoms with Crippen LogP contribution in [-0.2, 0) is 11.3 Å². The predicted octanol–water partition coefficient (Wildman–Crippen LogP) is 3.70. The third-order valence-electron chi connectivity index (χ3n) is 3.53. The highest BCUT2D eigenvalue weighted by atomic mass is 35.5. The second-order valence-corrected chi connectivity index (χ2v) is 5.51. The third-order valence-corrected chi connectivity index (χ3v) is 3.81. The molecule has 2 aromatic rings. The van der Waals surface area contributed by atoms with E-state index in [9.17, 15) is 4.79 Å². The first-order chi connectivity index (χ1) is 12.1. The van der Waals surface area contributed by atoms with E-state index in [0.717, 1.165) is 16.9 Å². The van der Waals surface area contributed by atoms with Gasteiger partial charge in [-0.15, -0.1) is 0 Å². The van der Waals surface area contributed by atoms with Crippen molar-refractivity contribution in [3.05, 3.63) is 58.6 Å². The minimum absolute atomic E-state index is 0.225. The Kier molecular flexibility index (Phi) is 6.71. The van der Waals surface area contributed by atoms with Gasteiger partial charge in [-0.1, -0.05) is 29.8 Å². The van der Waals surface area contributed by atoms with Crippen LogP contribution in [0.1, 0.15) is 11.1 Å². The molecule has 0 aliphatic rings. The average molecular weight is 362 g/mol. The number of nitrogens with one attached hydrogen (secondary N) is 1. The molecule has 0 saturated carbocycles. The van der Waals surface area contributed by atoms with Crippen LogP contribution >= 0.6 is 11.6 Å². The second-order valence-electron chi connectivity index (χ2n) is 5.10. The molecule has 0 bridgehead atoms. The molecular weight excluding hydrogens is 342 g/mol. The van der Waals surface area contributed by atoms with Crippen LogP contribution in [0.4, 0.5) is 0 Å². The molecule has 5 nitrogen and oxygen atoms in total. The highest BCUT2D eigenvalue weighted by Crippen LogP contribution is 2.36. The molecule has 0 radical (unpaired) electrons. The van der Waals surface area contributed by atoms with E-state index in [1.165, 1.54) is 20.3 Å². The van der Waals surface area contributed by atoms with E-state index in [-0.39, 0.29) is 5.91 Å². The van der Waals surface area contributed by atoms with Crippen molar-refractivity contribution in [2.75, 3.05) is 21.3 Å². The van der Waals surface area contributed by atoms with Gasteiger partial charge in [0.25, 0.3) is 0 Å². The first-order valence-electron chi connectivity index (χ1n) is 7.58. The zero-order valence-corrected chi connectivity index (χ0v) is 15.1. The predicted molar refractivity (Wildman–Crippen MR) is 98.4 cm³/mol. The minimum atomic E-state index is -0.225. The minimum Gasteiger partial charge on any atom is -0.496 e. The highest BCUT2D eigenvalue weighted by Gasteiger charge is 2.10. The van der Waals surface area contributed by atoms with Gasteiger partial charge in [-0.25, -0.2) is 0 Å². The monoisotopic (exact) mass is 361 g/mol. The summed E-state index contributed by atoms with van der Waals surface area (Å²) >= 11 is 6.15. The Bertz CT molecular complexity index is 774. The fourth-order valence-electron chi connectivity index (χ4n) is 2.30. The van der Waals surface area contributed by atoms with E-state index >= 15 is 0 Å². The zero-order chi connectivity index (χ0) is 18.2. The van der Waals surface area contributed by atoms with Crippen LogP contribution in [0, 0.1) is 0 Å². The smallest absolute Gasteiger partial charge is 0.244 e. The van der Waals surface area contributed by atoms with Gasteiger partial charge in [0.2, 0.25) is 5.91 Å². The molecule has 0 unspecified atom stereocenters. The molecule has 6 heteroatoms. The Morgan fingerprint density at radius 1 is 1.08 bits per heavy atom. The first-order valence-corrected chi connectivity index (χ1v) is 7.96. The van der Waals surface area contributed by atoms with Crippen molar-refractivity contribution in [2.45, 2.75) is 6.54 Å². The van der Waals surface area contributed by atoms with Gasteiger partial charge in [-0.05, 0) is 29.8 Å². The third kappa shape index (κ3) is 4.90. The van der Waals surface area contributed by atoms with Crippen LogP contribution in [0.2, 0.25) is 5.02 Å². The van der Waals surface area contributed by atoms with E-state index < -0.39 is 0 Å². The summed E-state index contributed by atoms with van der Waals surface area (Å²) in [7, 11) is 4.65. The molecule has 132 valence electrons. The maximum absolute atomic E-state index is 12.0. The van der Waals surface area contributed by atoms with Gasteiger partial charge in [-0.2, -0.15) is 0 Å². The molecule has 2 aromatic carbocycles. The van der Waals surface area contributed by atoms with E-state index in [4.69, 9.17) is 25.8 Å². The Labute approximate surface area is 152 Å². The van der Waals surface area contributed by atoms with Crippen LogP contribution in [0.3, 0.4) is 0 Å². The summed E-state index contributed by atoms with van der Waals surface area (Å²) in [6, 6.07) is 11.0. The van der Waals surface area contributed by atoms with Crippen molar-refractivity contribution >= 4 is 23.6 Å². The molecule has 0 heterocycles. The number of ether oxygens (including phenoxy) is 3. The van der Waals surface area contributed by atoms with Gasteiger partial charge in [0.05, 0.1) is 26.4 Å². The molecule has 0 saturated heterocycles. The lowest BCUT2D eigenvalue weighted by Gasteiger charge is -2.10. The first kappa shape index (κ1) is 18.7. The van der Waals surface area contributed by atoms with Crippen molar-refractivity contribution in [2.24, 2.45) is 0 Å². The molecule has 0 atom stereocenters. The van der Waals surface area contributed by atoms with Gasteiger partial charge in [0, 0.05) is 18.2 Å². The average Bonchev–Trinajstić information content (AvgIpc) is 2.64. The maximum atomic E-state index is 12.0. The number of hydrogen-bond acceptors (Lipinski definition) is 4. The van der Waals surface area contributed by atoms with Gasteiger partial charge in [-0.3, -0.25) is 4.79 Å². The highest BCUT2D eigenvalue weighted by molar-refractivity contribution is 6.32. The number of methoxy groups -OCH3 is 3. The molecule has 0 aromatic heterocycles. The quantitative estimate of drug-likeness (QED) is 0.764. The summed E-state index contributed by atoms with van der Waals surface area (Å²) < 4.78 is 15.7. The number of carbonyl (C=O) groups is 1. The molecule has 1 N–H and O–H groups in total. The van der Waals surface area contributed by atoms with Crippen LogP contribution in [-0.4, -0.2) is 27.2 Å². The van der Waals surface area contributed by atoms with E-state index in [0.29, 0.717) is 23.1 Å². The lowest BCUT2D eigenvalue weighted by Crippen LogP contribution is -2.20. The molecule has 1 amide bonds. The summed E-state index contributed by atoms with van der Waals surface area (Å²) in [5.41, 5.74) is 1.64. The van der Waals surface area contributed by atoms with Crippen molar-refractivity contribution in [3.8, 4) is 17.2 Å². The standard InChI is InChI=1S/C19H20ClNO4/c1-23-16-7-5-4-6-14(16)12-21-18(22)9-8-13-10-15(20)19(25-3)17(11-13)24-2/h4-11H,12H2,1-3H3,(H,21,22)/b9-8+. The number of carbonyl (C=O) groups excluding carboxylic acids is 1. The van der Waals surface area contributed by atoms with Gasteiger partial charge in [0.1, 0.15) is 5.75 Å². The summed E-state index contributed by atoms with van der Waals surface area (Å²) in [5.74, 6) is 1.47. The largest absolute Gasteiger partial charge is 0.496 e. The van der Waals surface area contributed by atoms with Crippen LogP contribution in [0.15, 0.2) is 42.5 Å². The zero-order valence-electron chi connectivity index (χ0n) is 14.3. The van der Waals surface area contributed by atoms with Crippen molar-refractivity contribution in [3.63, 3.8) is 0 Å². The number of rotatable bonds is 7. The van der Waals surface area contributed by atoms with Crippen molar-refractivity contribution in [1.29, 1.82) is 0 Å². The Morgan fingerprint density at radius 2 is 1.80 bits per heavy atom. The molecule has 0 aliphatic heterocycles. The molecule has 25 heavy (non-hydrogen) atoms. The fraction of sp³-hybridized carbons (Fsp3) is 0.211. The van der Waals surface area contributed by atoms with Crippen molar-refractivity contribution < 1.29 is 19.0 Å². The summed E-state index contributed by atoms with van der Waals surface area (Å²) in [6.45, 7) is 0.375. The molecular formula is C19H20ClNO4. The van der Waals surface area contributed by atoms with E-state index in [1.807, 2.05) is 24.3 Å². The fourth-order valence-corrected chi connectivity index (χ4v) is 2.59. The topological polar surface area (TPSA) is 56.8 Å². The van der Waals surface area contributed by atoms with Gasteiger partial charge < -0.3 is 19.5 Å². The Hall–Kier alpha value is -2.66. The Morgan fingerprint density at radius 3 is 2.48 bits per heavy atom. The van der Waals surface area contributed by atoms with Gasteiger partial charge >= 0.3 is 0 Å². The summed E-state index contributed by atoms with van der Waals surface area (Å²) in [5, 5.41) is 3.23. The normalized spacial score (nSPS) is 10.6. The Balaban J connectivity index is 2.04. The van der Waals surface area contributed by atoms with Gasteiger partial charge in [0.15, 0.2) is 11.5 Å². The van der Waals surface area contributed by atoms with E-state index in [2.05, 4.69) is 5.32 Å². The van der Waals surface area contributed by atoms with Crippen molar-refractivity contribution in [1.82, 2.24) is 5.32 Å². The lowest BCUT2D eigenvalue weighted by atomic mass is 10.1. The molecule has 0 fully saturated rings. The van der Waals surface area contributed by atoms with E-state index in [1.54, 1.807) is 25.3 Å².